The first-order valence-electron chi connectivity index (χ1n) is 7.12. The number of benzene rings is 2. The number of hydroxylamine groups is 1. The van der Waals surface area contributed by atoms with Crippen LogP contribution in [0.2, 0.25) is 0 Å². The van der Waals surface area contributed by atoms with Crippen molar-refractivity contribution in [3.05, 3.63) is 60.2 Å². The Balaban J connectivity index is 2.15. The normalized spacial score (nSPS) is 13.5. The number of hydrogen-bond acceptors (Lipinski definition) is 4. The van der Waals surface area contributed by atoms with Crippen LogP contribution in [0.4, 0.5) is 0 Å². The Hall–Kier alpha value is -2.21. The molecular formula is C17H21N3O2. The Kier molecular flexibility index (Phi) is 5.27. The van der Waals surface area contributed by atoms with Crippen LogP contribution in [0.5, 0.6) is 0 Å². The zero-order valence-electron chi connectivity index (χ0n) is 12.7. The second kappa shape index (κ2) is 7.17. The summed E-state index contributed by atoms with van der Waals surface area (Å²) in [5.41, 5.74) is 10.4. The third-order valence-electron chi connectivity index (χ3n) is 3.84. The Bertz CT molecular complexity index is 614. The zero-order chi connectivity index (χ0) is 16.1. The number of likely N-dealkylation sites (N-methyl/N-ethyl adjacent to an activating group) is 1. The van der Waals surface area contributed by atoms with Gasteiger partial charge >= 0.3 is 0 Å². The van der Waals surface area contributed by atoms with Crippen molar-refractivity contribution in [1.29, 1.82) is 0 Å². The van der Waals surface area contributed by atoms with E-state index < -0.39 is 6.17 Å². The van der Waals surface area contributed by atoms with Gasteiger partial charge in [-0.1, -0.05) is 42.5 Å². The number of carbonyl (C=O) groups excluding carboxylic acids is 1. The van der Waals surface area contributed by atoms with E-state index in [0.29, 0.717) is 5.56 Å². The predicted octanol–water partition coefficient (Wildman–Crippen LogP) is 2.08. The van der Waals surface area contributed by atoms with Crippen molar-refractivity contribution < 1.29 is 10.0 Å². The molecule has 4 N–H and O–H groups in total. The number of amides is 1. The minimum atomic E-state index is -0.697. The fraction of sp³-hybridized carbons (Fsp3) is 0.235. The van der Waals surface area contributed by atoms with Crippen molar-refractivity contribution in [2.24, 2.45) is 5.73 Å². The molecule has 0 saturated heterocycles. The molecule has 2 aromatic rings. The van der Waals surface area contributed by atoms with Gasteiger partial charge in [0.25, 0.3) is 5.91 Å². The molecule has 0 aliphatic rings. The molecule has 0 saturated carbocycles. The van der Waals surface area contributed by atoms with Crippen LogP contribution in [0.25, 0.3) is 11.1 Å². The summed E-state index contributed by atoms with van der Waals surface area (Å²) >= 11 is 0. The van der Waals surface area contributed by atoms with Crippen LogP contribution in [0.1, 0.15) is 17.3 Å². The molecule has 0 bridgehead atoms. The van der Waals surface area contributed by atoms with Crippen LogP contribution in [-0.2, 0) is 0 Å². The van der Waals surface area contributed by atoms with E-state index in [1.54, 1.807) is 26.1 Å². The minimum absolute atomic E-state index is 0.141. The van der Waals surface area contributed by atoms with Crippen LogP contribution >= 0.6 is 0 Å². The van der Waals surface area contributed by atoms with Crippen molar-refractivity contribution >= 4 is 5.91 Å². The number of nitrogens with one attached hydrogen (secondary N) is 1. The van der Waals surface area contributed by atoms with Gasteiger partial charge in [0.1, 0.15) is 0 Å². The molecular weight excluding hydrogens is 278 g/mol. The van der Waals surface area contributed by atoms with E-state index in [-0.39, 0.29) is 11.9 Å². The lowest BCUT2D eigenvalue weighted by Gasteiger charge is -2.28. The van der Waals surface area contributed by atoms with Gasteiger partial charge in [-0.05, 0) is 30.2 Å². The van der Waals surface area contributed by atoms with Crippen molar-refractivity contribution in [2.45, 2.75) is 19.1 Å². The van der Waals surface area contributed by atoms with Gasteiger partial charge in [0.05, 0.1) is 12.2 Å². The molecule has 0 radical (unpaired) electrons. The van der Waals surface area contributed by atoms with Crippen molar-refractivity contribution in [3.8, 4) is 11.1 Å². The highest BCUT2D eigenvalue weighted by molar-refractivity contribution is 5.94. The van der Waals surface area contributed by atoms with Gasteiger partial charge in [-0.3, -0.25) is 4.79 Å². The molecule has 2 unspecified atom stereocenters. The largest absolute Gasteiger partial charge is 0.336 e. The van der Waals surface area contributed by atoms with E-state index in [1.807, 2.05) is 47.9 Å². The van der Waals surface area contributed by atoms with Gasteiger partial charge in [0, 0.05) is 12.6 Å². The third-order valence-corrected chi connectivity index (χ3v) is 3.84. The Labute approximate surface area is 130 Å². The summed E-state index contributed by atoms with van der Waals surface area (Å²) in [6.45, 7) is 1.77. The Morgan fingerprint density at radius 3 is 2.18 bits per heavy atom. The molecule has 1 amide bonds. The van der Waals surface area contributed by atoms with Gasteiger partial charge < -0.3 is 15.8 Å². The third kappa shape index (κ3) is 3.51. The van der Waals surface area contributed by atoms with Gasteiger partial charge in [-0.2, -0.15) is 5.48 Å². The monoisotopic (exact) mass is 299 g/mol. The number of hydrogen-bond donors (Lipinski definition) is 3. The van der Waals surface area contributed by atoms with Crippen molar-refractivity contribution in [1.82, 2.24) is 10.4 Å². The lowest BCUT2D eigenvalue weighted by molar-refractivity contribution is 0.0563. The molecule has 0 aromatic heterocycles. The summed E-state index contributed by atoms with van der Waals surface area (Å²) in [4.78, 5) is 13.9. The highest BCUT2D eigenvalue weighted by Crippen LogP contribution is 2.20. The van der Waals surface area contributed by atoms with E-state index in [0.717, 1.165) is 11.1 Å². The maximum Gasteiger partial charge on any atom is 0.253 e. The number of nitrogens with two attached hydrogens (primary N) is 1. The number of carbonyl (C=O) groups is 1. The fourth-order valence-corrected chi connectivity index (χ4v) is 2.17. The number of nitrogens with zero attached hydrogens (tertiary/aromatic N) is 1. The molecule has 2 aromatic carbocycles. The first kappa shape index (κ1) is 16.2. The zero-order valence-corrected chi connectivity index (χ0v) is 12.7. The lowest BCUT2D eigenvalue weighted by Crippen LogP contribution is -2.53. The van der Waals surface area contributed by atoms with E-state index in [2.05, 4.69) is 0 Å². The summed E-state index contributed by atoms with van der Waals surface area (Å²) < 4.78 is 0. The summed E-state index contributed by atoms with van der Waals surface area (Å²) in [6.07, 6.45) is -0.697. The maximum absolute atomic E-state index is 12.4. The molecule has 0 heterocycles. The van der Waals surface area contributed by atoms with E-state index in [4.69, 9.17) is 10.9 Å². The van der Waals surface area contributed by atoms with Gasteiger partial charge in [-0.15, -0.1) is 0 Å². The molecule has 116 valence electrons. The molecule has 2 atom stereocenters. The second-order valence-corrected chi connectivity index (χ2v) is 5.25. The van der Waals surface area contributed by atoms with Crippen LogP contribution in [0, 0.1) is 0 Å². The van der Waals surface area contributed by atoms with Gasteiger partial charge in [-0.25, -0.2) is 0 Å². The molecule has 0 spiro atoms. The van der Waals surface area contributed by atoms with Crippen molar-refractivity contribution in [3.63, 3.8) is 0 Å². The average molecular weight is 299 g/mol. The summed E-state index contributed by atoms with van der Waals surface area (Å²) in [6, 6.07) is 17.1. The van der Waals surface area contributed by atoms with E-state index >= 15 is 0 Å². The minimum Gasteiger partial charge on any atom is -0.336 e. The molecule has 5 nitrogen and oxygen atoms in total. The predicted molar refractivity (Wildman–Crippen MR) is 86.3 cm³/mol. The van der Waals surface area contributed by atoms with Gasteiger partial charge in [0.2, 0.25) is 0 Å². The maximum atomic E-state index is 12.4. The average Bonchev–Trinajstić information content (AvgIpc) is 2.60. The lowest BCUT2D eigenvalue weighted by atomic mass is 10.0. The highest BCUT2D eigenvalue weighted by atomic mass is 16.5. The van der Waals surface area contributed by atoms with E-state index in [9.17, 15) is 4.79 Å². The van der Waals surface area contributed by atoms with Crippen LogP contribution in [-0.4, -0.2) is 35.3 Å². The standard InChI is InChI=1S/C17H21N3O2/c1-12(16(18)19-22)20(2)17(21)15-10-8-14(9-11-15)13-6-4-3-5-7-13/h3-12,16,19,22H,18H2,1-2H3. The van der Waals surface area contributed by atoms with Crippen LogP contribution in [0.15, 0.2) is 54.6 Å². The fourth-order valence-electron chi connectivity index (χ4n) is 2.17. The molecule has 0 fully saturated rings. The first-order chi connectivity index (χ1) is 10.5. The quantitative estimate of drug-likeness (QED) is 0.583. The van der Waals surface area contributed by atoms with Crippen molar-refractivity contribution in [2.75, 3.05) is 7.05 Å². The molecule has 22 heavy (non-hydrogen) atoms. The molecule has 5 heteroatoms. The van der Waals surface area contributed by atoms with Crippen LogP contribution in [0.3, 0.4) is 0 Å². The van der Waals surface area contributed by atoms with Gasteiger partial charge in [0.15, 0.2) is 0 Å². The Morgan fingerprint density at radius 1 is 1.09 bits per heavy atom. The summed E-state index contributed by atoms with van der Waals surface area (Å²) in [5.74, 6) is -0.141. The van der Waals surface area contributed by atoms with Crippen LogP contribution < -0.4 is 11.2 Å². The topological polar surface area (TPSA) is 78.6 Å². The number of rotatable bonds is 5. The second-order valence-electron chi connectivity index (χ2n) is 5.25. The molecule has 2 rings (SSSR count). The first-order valence-corrected chi connectivity index (χ1v) is 7.12. The Morgan fingerprint density at radius 2 is 1.64 bits per heavy atom. The molecule has 0 aliphatic carbocycles. The summed E-state index contributed by atoms with van der Waals surface area (Å²) in [7, 11) is 1.66. The SMILES string of the molecule is CC(C(N)NO)N(C)C(=O)c1ccc(-c2ccccc2)cc1. The molecule has 0 aliphatic heterocycles. The summed E-state index contributed by atoms with van der Waals surface area (Å²) in [5, 5.41) is 8.86. The smallest absolute Gasteiger partial charge is 0.253 e. The highest BCUT2D eigenvalue weighted by Gasteiger charge is 2.22. The van der Waals surface area contributed by atoms with E-state index in [1.165, 1.54) is 4.90 Å².